The zero-order valence-electron chi connectivity index (χ0n) is 16.7. The molecule has 146 valence electrons. The van der Waals surface area contributed by atoms with Crippen LogP contribution in [0.15, 0.2) is 23.2 Å². The molecule has 2 rings (SSSR count). The zero-order valence-corrected chi connectivity index (χ0v) is 19.0. The summed E-state index contributed by atoms with van der Waals surface area (Å²) in [4.78, 5) is 18.7. The molecule has 1 aromatic carbocycles. The first-order chi connectivity index (χ1) is 11.9. The van der Waals surface area contributed by atoms with Crippen molar-refractivity contribution in [1.82, 2.24) is 15.5 Å². The van der Waals surface area contributed by atoms with Crippen molar-refractivity contribution >= 4 is 35.8 Å². The third kappa shape index (κ3) is 5.59. The number of benzene rings is 1. The molecular formula is C20H33IN4O. The summed E-state index contributed by atoms with van der Waals surface area (Å²) in [5, 5.41) is 6.75. The lowest BCUT2D eigenvalue weighted by Gasteiger charge is -2.31. The minimum Gasteiger partial charge on any atom is -0.355 e. The van der Waals surface area contributed by atoms with Crippen LogP contribution in [0.3, 0.4) is 0 Å². The SMILES string of the molecule is CN=C(NCc1ccc(C)cc1C)NCC1(C(=O)N(C)C)CCCC1.I. The number of carbonyl (C=O) groups is 1. The monoisotopic (exact) mass is 472 g/mol. The first kappa shape index (κ1) is 22.7. The molecule has 0 aliphatic heterocycles. The number of guanidine groups is 1. The number of amides is 1. The number of hydrogen-bond donors (Lipinski definition) is 2. The smallest absolute Gasteiger partial charge is 0.230 e. The van der Waals surface area contributed by atoms with Crippen LogP contribution < -0.4 is 10.6 Å². The Morgan fingerprint density at radius 2 is 1.85 bits per heavy atom. The summed E-state index contributed by atoms with van der Waals surface area (Å²) in [5.41, 5.74) is 3.52. The number of nitrogens with zero attached hydrogens (tertiary/aromatic N) is 2. The highest BCUT2D eigenvalue weighted by Gasteiger charge is 2.42. The maximum absolute atomic E-state index is 12.6. The lowest BCUT2D eigenvalue weighted by atomic mass is 9.84. The fourth-order valence-electron chi connectivity index (χ4n) is 3.69. The van der Waals surface area contributed by atoms with E-state index in [1.807, 2.05) is 14.1 Å². The van der Waals surface area contributed by atoms with Crippen molar-refractivity contribution in [2.75, 3.05) is 27.7 Å². The van der Waals surface area contributed by atoms with E-state index in [-0.39, 0.29) is 35.3 Å². The summed E-state index contributed by atoms with van der Waals surface area (Å²) in [7, 11) is 5.46. The predicted octanol–water partition coefficient (Wildman–Crippen LogP) is 3.24. The van der Waals surface area contributed by atoms with Crippen LogP contribution in [0.1, 0.15) is 42.4 Å². The van der Waals surface area contributed by atoms with E-state index < -0.39 is 0 Å². The van der Waals surface area contributed by atoms with Crippen LogP contribution >= 0.6 is 24.0 Å². The maximum Gasteiger partial charge on any atom is 0.230 e. The summed E-state index contributed by atoms with van der Waals surface area (Å²) in [6, 6.07) is 6.47. The molecule has 1 saturated carbocycles. The molecule has 0 spiro atoms. The van der Waals surface area contributed by atoms with Gasteiger partial charge in [-0.1, -0.05) is 36.6 Å². The van der Waals surface area contributed by atoms with Gasteiger partial charge >= 0.3 is 0 Å². The number of nitrogens with one attached hydrogen (secondary N) is 2. The fourth-order valence-corrected chi connectivity index (χ4v) is 3.69. The summed E-state index contributed by atoms with van der Waals surface area (Å²) < 4.78 is 0. The van der Waals surface area contributed by atoms with Gasteiger partial charge in [0.15, 0.2) is 5.96 Å². The van der Waals surface area contributed by atoms with Crippen molar-refractivity contribution in [3.05, 3.63) is 34.9 Å². The van der Waals surface area contributed by atoms with Crippen LogP contribution in [0.5, 0.6) is 0 Å². The van der Waals surface area contributed by atoms with E-state index in [4.69, 9.17) is 0 Å². The van der Waals surface area contributed by atoms with Crippen LogP contribution in [-0.2, 0) is 11.3 Å². The van der Waals surface area contributed by atoms with Gasteiger partial charge in [0.1, 0.15) is 0 Å². The lowest BCUT2D eigenvalue weighted by molar-refractivity contribution is -0.138. The lowest BCUT2D eigenvalue weighted by Crippen LogP contribution is -2.49. The van der Waals surface area contributed by atoms with Gasteiger partial charge in [-0.3, -0.25) is 9.79 Å². The Morgan fingerprint density at radius 3 is 2.38 bits per heavy atom. The molecule has 1 amide bonds. The second kappa shape index (κ2) is 10.1. The molecule has 2 N–H and O–H groups in total. The highest BCUT2D eigenvalue weighted by molar-refractivity contribution is 14.0. The van der Waals surface area contributed by atoms with E-state index >= 15 is 0 Å². The minimum atomic E-state index is -0.291. The van der Waals surface area contributed by atoms with Gasteiger partial charge in [-0.2, -0.15) is 0 Å². The van der Waals surface area contributed by atoms with Gasteiger partial charge in [0.2, 0.25) is 5.91 Å². The number of halogens is 1. The molecule has 5 nitrogen and oxygen atoms in total. The molecule has 0 bridgehead atoms. The predicted molar refractivity (Wildman–Crippen MR) is 119 cm³/mol. The largest absolute Gasteiger partial charge is 0.355 e. The maximum atomic E-state index is 12.6. The third-order valence-corrected chi connectivity index (χ3v) is 5.18. The highest BCUT2D eigenvalue weighted by Crippen LogP contribution is 2.38. The number of aryl methyl sites for hydroxylation is 2. The summed E-state index contributed by atoms with van der Waals surface area (Å²) in [5.74, 6) is 0.972. The first-order valence-corrected chi connectivity index (χ1v) is 9.10. The van der Waals surface area contributed by atoms with E-state index in [0.717, 1.165) is 38.2 Å². The molecule has 0 unspecified atom stereocenters. The molecule has 0 atom stereocenters. The molecule has 0 heterocycles. The second-order valence-electron chi connectivity index (χ2n) is 7.40. The molecule has 0 saturated heterocycles. The molecule has 26 heavy (non-hydrogen) atoms. The highest BCUT2D eigenvalue weighted by atomic mass is 127. The van der Waals surface area contributed by atoms with Gasteiger partial charge < -0.3 is 15.5 Å². The van der Waals surface area contributed by atoms with Gasteiger partial charge in [-0.05, 0) is 37.8 Å². The summed E-state index contributed by atoms with van der Waals surface area (Å²) >= 11 is 0. The number of hydrogen-bond acceptors (Lipinski definition) is 2. The van der Waals surface area contributed by atoms with Gasteiger partial charge in [0.25, 0.3) is 0 Å². The Morgan fingerprint density at radius 1 is 1.19 bits per heavy atom. The molecule has 0 radical (unpaired) electrons. The van der Waals surface area contributed by atoms with Crippen LogP contribution in [-0.4, -0.2) is 44.5 Å². The van der Waals surface area contributed by atoms with Crippen LogP contribution in [0.25, 0.3) is 0 Å². The van der Waals surface area contributed by atoms with Crippen molar-refractivity contribution in [3.63, 3.8) is 0 Å². The van der Waals surface area contributed by atoms with Crippen LogP contribution in [0, 0.1) is 19.3 Å². The van der Waals surface area contributed by atoms with Crippen LogP contribution in [0.4, 0.5) is 0 Å². The Bertz CT molecular complexity index is 637. The Kier molecular flexibility index (Phi) is 8.86. The van der Waals surface area contributed by atoms with Gasteiger partial charge in [-0.15, -0.1) is 24.0 Å². The minimum absolute atomic E-state index is 0. The van der Waals surface area contributed by atoms with Gasteiger partial charge in [0.05, 0.1) is 5.41 Å². The van der Waals surface area contributed by atoms with E-state index in [9.17, 15) is 4.79 Å². The van der Waals surface area contributed by atoms with Gasteiger partial charge in [-0.25, -0.2) is 0 Å². The molecule has 6 heteroatoms. The fraction of sp³-hybridized carbons (Fsp3) is 0.600. The average Bonchev–Trinajstić information content (AvgIpc) is 3.05. The average molecular weight is 472 g/mol. The Hall–Kier alpha value is -1.31. The standard InChI is InChI=1S/C20H32N4O.HI/c1-15-8-9-17(16(2)12-15)13-22-19(21-3)23-14-20(10-6-7-11-20)18(25)24(4)5;/h8-9,12H,6-7,10-11,13-14H2,1-5H3,(H2,21,22,23);1H. The summed E-state index contributed by atoms with van der Waals surface area (Å²) in [6.45, 7) is 5.59. The topological polar surface area (TPSA) is 56.7 Å². The van der Waals surface area contributed by atoms with Crippen molar-refractivity contribution in [1.29, 1.82) is 0 Å². The number of aliphatic imine (C=N–C) groups is 1. The summed E-state index contributed by atoms with van der Waals surface area (Å²) in [6.07, 6.45) is 4.14. The molecule has 1 aliphatic carbocycles. The second-order valence-corrected chi connectivity index (χ2v) is 7.40. The first-order valence-electron chi connectivity index (χ1n) is 9.10. The molecule has 1 aliphatic rings. The van der Waals surface area contributed by atoms with Crippen molar-refractivity contribution < 1.29 is 4.79 Å². The van der Waals surface area contributed by atoms with E-state index in [2.05, 4.69) is 47.7 Å². The Balaban J connectivity index is 0.00000338. The quantitative estimate of drug-likeness (QED) is 0.393. The molecule has 1 aromatic rings. The van der Waals surface area contributed by atoms with Crippen LogP contribution in [0.2, 0.25) is 0 Å². The Labute approximate surface area is 175 Å². The number of carbonyl (C=O) groups excluding carboxylic acids is 1. The number of rotatable bonds is 5. The van der Waals surface area contributed by atoms with Crippen molar-refractivity contribution in [3.8, 4) is 0 Å². The third-order valence-electron chi connectivity index (χ3n) is 5.18. The molecule has 1 fully saturated rings. The zero-order chi connectivity index (χ0) is 18.4. The van der Waals surface area contributed by atoms with Crippen molar-refractivity contribution in [2.24, 2.45) is 10.4 Å². The molecular weight excluding hydrogens is 439 g/mol. The van der Waals surface area contributed by atoms with Crippen molar-refractivity contribution in [2.45, 2.75) is 46.1 Å². The van der Waals surface area contributed by atoms with E-state index in [0.29, 0.717) is 6.54 Å². The molecule has 0 aromatic heterocycles. The van der Waals surface area contributed by atoms with E-state index in [1.54, 1.807) is 11.9 Å². The van der Waals surface area contributed by atoms with Gasteiger partial charge in [0, 0.05) is 34.2 Å². The normalized spacial score (nSPS) is 16.0. The van der Waals surface area contributed by atoms with E-state index in [1.165, 1.54) is 16.7 Å².